The van der Waals surface area contributed by atoms with E-state index in [9.17, 15) is 13.2 Å². The van der Waals surface area contributed by atoms with Crippen molar-refractivity contribution in [1.29, 1.82) is 0 Å². The van der Waals surface area contributed by atoms with Gasteiger partial charge in [-0.2, -0.15) is 13.2 Å². The molecule has 1 N–H and O–H groups in total. The van der Waals surface area contributed by atoms with E-state index in [0.29, 0.717) is 28.1 Å². The fourth-order valence-corrected chi connectivity index (χ4v) is 4.39. The number of aromatic nitrogens is 3. The summed E-state index contributed by atoms with van der Waals surface area (Å²) in [5.74, 6) is 0.990. The van der Waals surface area contributed by atoms with E-state index in [1.165, 1.54) is 23.4 Å². The Morgan fingerprint density at radius 1 is 1.06 bits per heavy atom. The quantitative estimate of drug-likeness (QED) is 0.403. The lowest BCUT2D eigenvalue weighted by Crippen LogP contribution is -2.26. The number of hydrogen-bond acceptors (Lipinski definition) is 6. The Hall–Kier alpha value is -3.56. The molecule has 5 rings (SSSR count). The van der Waals surface area contributed by atoms with Crippen LogP contribution in [0, 0.1) is 0 Å². The third-order valence-electron chi connectivity index (χ3n) is 6.08. The van der Waals surface area contributed by atoms with Crippen LogP contribution in [-0.4, -0.2) is 40.6 Å². The molecule has 1 aliphatic heterocycles. The molecule has 0 amide bonds. The van der Waals surface area contributed by atoms with Gasteiger partial charge in [0.2, 0.25) is 0 Å². The number of hydrogen-bond donors (Lipinski definition) is 1. The van der Waals surface area contributed by atoms with Gasteiger partial charge in [-0.05, 0) is 61.0 Å². The molecule has 1 aliphatic rings. The first-order valence-electron chi connectivity index (χ1n) is 11.2. The van der Waals surface area contributed by atoms with E-state index < -0.39 is 11.7 Å². The zero-order valence-corrected chi connectivity index (χ0v) is 19.4. The number of nitrogens with one attached hydrogen (secondary N) is 1. The Labute approximate surface area is 200 Å². The van der Waals surface area contributed by atoms with Crippen LogP contribution in [0.2, 0.25) is 0 Å². The Morgan fingerprint density at radius 3 is 2.71 bits per heavy atom. The smallest absolute Gasteiger partial charge is 0.377 e. The summed E-state index contributed by atoms with van der Waals surface area (Å²) in [6, 6.07) is 13.5. The van der Waals surface area contributed by atoms with Crippen molar-refractivity contribution in [3.05, 3.63) is 77.2 Å². The fraction of sp³-hybridized carbons (Fsp3) is 0.269. The second kappa shape index (κ2) is 9.24. The number of anilines is 2. The molecule has 2 aromatic carbocycles. The maximum Gasteiger partial charge on any atom is 0.418 e. The summed E-state index contributed by atoms with van der Waals surface area (Å²) in [6.45, 7) is 2.08. The number of pyridine rings is 1. The molecule has 0 bridgehead atoms. The fourth-order valence-electron chi connectivity index (χ4n) is 4.39. The predicted molar refractivity (Wildman–Crippen MR) is 128 cm³/mol. The van der Waals surface area contributed by atoms with Crippen LogP contribution in [-0.2, 0) is 30.5 Å². The molecule has 9 heteroatoms. The molecule has 0 radical (unpaired) electrons. The molecule has 0 unspecified atom stereocenters. The summed E-state index contributed by atoms with van der Waals surface area (Å²) in [4.78, 5) is 15.4. The SMILES string of the molecule is COCc1nc(Nc2ccc3c(c2)CN(C)CC3)c2ccc(-c3ncccc3C(F)(F)F)cc2n1. The number of ether oxygens (including phenoxy) is 1. The van der Waals surface area contributed by atoms with Crippen LogP contribution in [0.1, 0.15) is 22.5 Å². The molecule has 3 heterocycles. The molecule has 0 aliphatic carbocycles. The van der Waals surface area contributed by atoms with Crippen molar-refractivity contribution in [1.82, 2.24) is 19.9 Å². The van der Waals surface area contributed by atoms with Gasteiger partial charge in [0.05, 0.1) is 16.8 Å². The van der Waals surface area contributed by atoms with Crippen molar-refractivity contribution in [2.75, 3.05) is 26.0 Å². The number of halogens is 3. The Morgan fingerprint density at radius 2 is 1.91 bits per heavy atom. The summed E-state index contributed by atoms with van der Waals surface area (Å²) >= 11 is 0. The van der Waals surface area contributed by atoms with Gasteiger partial charge in [0.25, 0.3) is 0 Å². The van der Waals surface area contributed by atoms with Gasteiger partial charge in [0.15, 0.2) is 5.82 Å². The minimum absolute atomic E-state index is 0.137. The lowest BCUT2D eigenvalue weighted by Gasteiger charge is -2.25. The zero-order chi connectivity index (χ0) is 24.6. The number of likely N-dealkylation sites (N-methyl/N-ethyl adjacent to an activating group) is 1. The first-order chi connectivity index (χ1) is 16.8. The van der Waals surface area contributed by atoms with E-state index >= 15 is 0 Å². The first kappa shape index (κ1) is 23.2. The number of alkyl halides is 3. The van der Waals surface area contributed by atoms with Gasteiger partial charge >= 0.3 is 6.18 Å². The van der Waals surface area contributed by atoms with Gasteiger partial charge in [0, 0.05) is 43.0 Å². The molecule has 0 saturated carbocycles. The van der Waals surface area contributed by atoms with Gasteiger partial charge in [-0.1, -0.05) is 12.1 Å². The molecule has 2 aromatic heterocycles. The summed E-state index contributed by atoms with van der Waals surface area (Å²) in [5, 5.41) is 4.07. The summed E-state index contributed by atoms with van der Waals surface area (Å²) in [5.41, 5.74) is 3.39. The molecule has 180 valence electrons. The van der Waals surface area contributed by atoms with Crippen molar-refractivity contribution in [2.24, 2.45) is 0 Å². The maximum atomic E-state index is 13.6. The highest BCUT2D eigenvalue weighted by Crippen LogP contribution is 2.37. The Kier molecular flexibility index (Phi) is 6.12. The average molecular weight is 480 g/mol. The van der Waals surface area contributed by atoms with Crippen LogP contribution in [0.25, 0.3) is 22.2 Å². The van der Waals surface area contributed by atoms with E-state index in [1.54, 1.807) is 25.3 Å². The first-order valence-corrected chi connectivity index (χ1v) is 11.2. The van der Waals surface area contributed by atoms with Gasteiger partial charge in [0.1, 0.15) is 12.4 Å². The number of fused-ring (bicyclic) bond motifs is 2. The lowest BCUT2D eigenvalue weighted by atomic mass is 9.99. The van der Waals surface area contributed by atoms with Gasteiger partial charge in [-0.25, -0.2) is 9.97 Å². The Balaban J connectivity index is 1.57. The van der Waals surface area contributed by atoms with Crippen molar-refractivity contribution in [3.8, 4) is 11.3 Å². The molecule has 0 saturated heterocycles. The summed E-state index contributed by atoms with van der Waals surface area (Å²) in [6.07, 6.45) is -2.15. The molecule has 6 nitrogen and oxygen atoms in total. The predicted octanol–water partition coefficient (Wildman–Crippen LogP) is 5.59. The van der Waals surface area contributed by atoms with E-state index in [0.717, 1.165) is 31.3 Å². The van der Waals surface area contributed by atoms with Crippen molar-refractivity contribution < 1.29 is 17.9 Å². The van der Waals surface area contributed by atoms with Crippen LogP contribution in [0.15, 0.2) is 54.7 Å². The van der Waals surface area contributed by atoms with Gasteiger partial charge < -0.3 is 15.0 Å². The van der Waals surface area contributed by atoms with Crippen LogP contribution in [0.4, 0.5) is 24.7 Å². The standard InChI is InChI=1S/C26H24F3N5O/c1-34-11-9-16-5-7-19(12-18(16)14-34)31-25-20-8-6-17(13-22(20)32-23(33-25)15-35-2)24-21(26(27,28)29)4-3-10-30-24/h3-8,10,12-13H,9,11,14-15H2,1-2H3,(H,31,32,33). The third kappa shape index (κ3) is 4.82. The van der Waals surface area contributed by atoms with E-state index in [4.69, 9.17) is 4.74 Å². The van der Waals surface area contributed by atoms with Gasteiger partial charge in [-0.15, -0.1) is 0 Å². The second-order valence-corrected chi connectivity index (χ2v) is 8.65. The monoisotopic (exact) mass is 479 g/mol. The molecule has 35 heavy (non-hydrogen) atoms. The highest BCUT2D eigenvalue weighted by atomic mass is 19.4. The van der Waals surface area contributed by atoms with E-state index in [1.807, 2.05) is 6.07 Å². The highest BCUT2D eigenvalue weighted by Gasteiger charge is 2.34. The van der Waals surface area contributed by atoms with Crippen LogP contribution in [0.5, 0.6) is 0 Å². The molecule has 4 aromatic rings. The average Bonchev–Trinajstić information content (AvgIpc) is 2.83. The second-order valence-electron chi connectivity index (χ2n) is 8.65. The van der Waals surface area contributed by atoms with Crippen LogP contribution in [0.3, 0.4) is 0 Å². The largest absolute Gasteiger partial charge is 0.418 e. The number of methoxy groups -OCH3 is 1. The maximum absolute atomic E-state index is 13.6. The number of benzene rings is 2. The van der Waals surface area contributed by atoms with E-state index in [-0.39, 0.29) is 12.3 Å². The summed E-state index contributed by atoms with van der Waals surface area (Å²) < 4.78 is 45.9. The molecular weight excluding hydrogens is 455 g/mol. The Bertz CT molecular complexity index is 1390. The topological polar surface area (TPSA) is 63.2 Å². The van der Waals surface area contributed by atoms with E-state index in [2.05, 4.69) is 44.3 Å². The molecule has 0 fully saturated rings. The molecule has 0 atom stereocenters. The normalized spacial score (nSPS) is 14.2. The van der Waals surface area contributed by atoms with Crippen LogP contribution >= 0.6 is 0 Å². The van der Waals surface area contributed by atoms with Crippen molar-refractivity contribution in [2.45, 2.75) is 25.7 Å². The zero-order valence-electron chi connectivity index (χ0n) is 19.4. The minimum Gasteiger partial charge on any atom is -0.377 e. The van der Waals surface area contributed by atoms with Crippen molar-refractivity contribution in [3.63, 3.8) is 0 Å². The lowest BCUT2D eigenvalue weighted by molar-refractivity contribution is -0.137. The van der Waals surface area contributed by atoms with Crippen molar-refractivity contribution >= 4 is 22.4 Å². The summed E-state index contributed by atoms with van der Waals surface area (Å²) in [7, 11) is 3.64. The highest BCUT2D eigenvalue weighted by molar-refractivity contribution is 5.93. The van der Waals surface area contributed by atoms with Crippen LogP contribution < -0.4 is 5.32 Å². The molecular formula is C26H24F3N5O. The van der Waals surface area contributed by atoms with Gasteiger partial charge in [-0.3, -0.25) is 4.98 Å². The third-order valence-corrected chi connectivity index (χ3v) is 6.08. The number of nitrogens with zero attached hydrogens (tertiary/aromatic N) is 4. The number of rotatable bonds is 5. The molecule has 0 spiro atoms. The minimum atomic E-state index is -4.52.